The van der Waals surface area contributed by atoms with Gasteiger partial charge in [-0.25, -0.2) is 0 Å². The standard InChI is InChI=1S/C10H17NO/c1-9(2)6-10(3)4-7(9)11-8(12)5-10/h7H,4-6H2,1-3H3,(H,11,12). The highest BCUT2D eigenvalue weighted by atomic mass is 16.1. The number of amides is 1. The number of rotatable bonds is 0. The summed E-state index contributed by atoms with van der Waals surface area (Å²) in [6.07, 6.45) is 3.09. The molecule has 2 nitrogen and oxygen atoms in total. The van der Waals surface area contributed by atoms with Crippen molar-refractivity contribution in [3.8, 4) is 0 Å². The molecule has 1 saturated heterocycles. The highest BCUT2D eigenvalue weighted by Gasteiger charge is 2.51. The normalized spacial score (nSPS) is 44.2. The van der Waals surface area contributed by atoms with Gasteiger partial charge in [-0.2, -0.15) is 0 Å². The van der Waals surface area contributed by atoms with Crippen molar-refractivity contribution in [1.82, 2.24) is 5.32 Å². The van der Waals surface area contributed by atoms with Crippen LogP contribution >= 0.6 is 0 Å². The number of nitrogens with one attached hydrogen (secondary N) is 1. The molecular formula is C10H17NO. The van der Waals surface area contributed by atoms with Crippen molar-refractivity contribution in [2.75, 3.05) is 0 Å². The number of piperidine rings is 1. The van der Waals surface area contributed by atoms with Crippen molar-refractivity contribution in [2.24, 2.45) is 10.8 Å². The molecule has 2 heteroatoms. The van der Waals surface area contributed by atoms with Gasteiger partial charge in [-0.1, -0.05) is 20.8 Å². The zero-order chi connectivity index (χ0) is 8.98. The first-order valence-electron chi connectivity index (χ1n) is 4.71. The summed E-state index contributed by atoms with van der Waals surface area (Å²) in [6, 6.07) is 0.420. The smallest absolute Gasteiger partial charge is 0.220 e. The van der Waals surface area contributed by atoms with Gasteiger partial charge in [0, 0.05) is 12.5 Å². The van der Waals surface area contributed by atoms with Crippen LogP contribution in [0, 0.1) is 10.8 Å². The Hall–Kier alpha value is -0.530. The van der Waals surface area contributed by atoms with E-state index in [0.29, 0.717) is 11.5 Å². The monoisotopic (exact) mass is 167 g/mol. The fraction of sp³-hybridized carbons (Fsp3) is 0.900. The largest absolute Gasteiger partial charge is 0.353 e. The molecule has 1 heterocycles. The predicted molar refractivity (Wildman–Crippen MR) is 47.7 cm³/mol. The minimum Gasteiger partial charge on any atom is -0.353 e. The van der Waals surface area contributed by atoms with Crippen LogP contribution in [-0.2, 0) is 4.79 Å². The fourth-order valence-electron chi connectivity index (χ4n) is 3.08. The van der Waals surface area contributed by atoms with E-state index in [-0.39, 0.29) is 11.3 Å². The molecule has 0 spiro atoms. The van der Waals surface area contributed by atoms with Crippen LogP contribution in [0.2, 0.25) is 0 Å². The molecule has 0 aromatic rings. The maximum absolute atomic E-state index is 11.3. The van der Waals surface area contributed by atoms with E-state index in [4.69, 9.17) is 0 Å². The molecule has 12 heavy (non-hydrogen) atoms. The van der Waals surface area contributed by atoms with Crippen molar-refractivity contribution in [1.29, 1.82) is 0 Å². The summed E-state index contributed by atoms with van der Waals surface area (Å²) in [6.45, 7) is 6.76. The molecule has 0 aromatic heterocycles. The molecule has 1 amide bonds. The fourth-order valence-corrected chi connectivity index (χ4v) is 3.08. The minimum atomic E-state index is 0.249. The van der Waals surface area contributed by atoms with Crippen LogP contribution < -0.4 is 5.32 Å². The van der Waals surface area contributed by atoms with Gasteiger partial charge in [0.15, 0.2) is 0 Å². The van der Waals surface area contributed by atoms with Crippen LogP contribution in [0.4, 0.5) is 0 Å². The third-order valence-electron chi connectivity index (χ3n) is 3.45. The zero-order valence-corrected chi connectivity index (χ0v) is 8.11. The Labute approximate surface area is 73.7 Å². The molecule has 2 fully saturated rings. The first kappa shape index (κ1) is 8.09. The minimum absolute atomic E-state index is 0.249. The van der Waals surface area contributed by atoms with Crippen molar-refractivity contribution in [3.05, 3.63) is 0 Å². The molecule has 0 radical (unpaired) electrons. The Balaban J connectivity index is 2.30. The number of hydrogen-bond donors (Lipinski definition) is 1. The first-order valence-corrected chi connectivity index (χ1v) is 4.71. The van der Waals surface area contributed by atoms with E-state index in [0.717, 1.165) is 6.42 Å². The third-order valence-corrected chi connectivity index (χ3v) is 3.45. The van der Waals surface area contributed by atoms with Crippen molar-refractivity contribution in [2.45, 2.75) is 46.1 Å². The molecule has 1 aliphatic carbocycles. The molecule has 2 rings (SSSR count). The molecule has 0 aromatic carbocycles. The van der Waals surface area contributed by atoms with Gasteiger partial charge < -0.3 is 5.32 Å². The van der Waals surface area contributed by atoms with E-state index in [1.807, 2.05) is 0 Å². The van der Waals surface area contributed by atoms with Crippen molar-refractivity contribution >= 4 is 5.91 Å². The number of carbonyl (C=O) groups is 1. The lowest BCUT2D eigenvalue weighted by Crippen LogP contribution is -2.44. The summed E-state index contributed by atoms with van der Waals surface area (Å²) in [7, 11) is 0. The SMILES string of the molecule is CC12CC(=O)NC(C1)C(C)(C)C2. The number of carbonyl (C=O) groups excluding carboxylic acids is 1. The lowest BCUT2D eigenvalue weighted by molar-refractivity contribution is -0.125. The quantitative estimate of drug-likeness (QED) is 0.584. The summed E-state index contributed by atoms with van der Waals surface area (Å²) in [5, 5.41) is 3.08. The van der Waals surface area contributed by atoms with Gasteiger partial charge in [0.05, 0.1) is 0 Å². The Kier molecular flexibility index (Phi) is 1.37. The first-order chi connectivity index (χ1) is 5.41. The second kappa shape index (κ2) is 2.04. The van der Waals surface area contributed by atoms with Crippen LogP contribution in [0.1, 0.15) is 40.0 Å². The van der Waals surface area contributed by atoms with Gasteiger partial charge in [-0.3, -0.25) is 4.79 Å². The molecule has 2 atom stereocenters. The summed E-state index contributed by atoms with van der Waals surface area (Å²) >= 11 is 0. The van der Waals surface area contributed by atoms with Gasteiger partial charge in [0.25, 0.3) is 0 Å². The summed E-state index contributed by atoms with van der Waals surface area (Å²) in [5.41, 5.74) is 0.595. The zero-order valence-electron chi connectivity index (χ0n) is 8.11. The van der Waals surface area contributed by atoms with Gasteiger partial charge in [-0.15, -0.1) is 0 Å². The summed E-state index contributed by atoms with van der Waals surface area (Å²) in [4.78, 5) is 11.3. The highest BCUT2D eigenvalue weighted by molar-refractivity contribution is 5.78. The molecular weight excluding hydrogens is 150 g/mol. The number of fused-ring (bicyclic) bond motifs is 2. The Morgan fingerprint density at radius 3 is 2.67 bits per heavy atom. The van der Waals surface area contributed by atoms with Gasteiger partial charge in [0.2, 0.25) is 5.91 Å². The third kappa shape index (κ3) is 1.05. The lowest BCUT2D eigenvalue weighted by atomic mass is 9.81. The second-order valence-electron chi connectivity index (χ2n) is 5.48. The van der Waals surface area contributed by atoms with Crippen LogP contribution in [0.25, 0.3) is 0 Å². The molecule has 2 unspecified atom stereocenters. The Bertz CT molecular complexity index is 234. The molecule has 2 bridgehead atoms. The van der Waals surface area contributed by atoms with E-state index in [9.17, 15) is 4.79 Å². The van der Waals surface area contributed by atoms with E-state index in [1.54, 1.807) is 0 Å². The van der Waals surface area contributed by atoms with Gasteiger partial charge >= 0.3 is 0 Å². The topological polar surface area (TPSA) is 29.1 Å². The van der Waals surface area contributed by atoms with Crippen LogP contribution in [0.5, 0.6) is 0 Å². The molecule has 1 aliphatic heterocycles. The van der Waals surface area contributed by atoms with E-state index >= 15 is 0 Å². The van der Waals surface area contributed by atoms with Gasteiger partial charge in [0.1, 0.15) is 0 Å². The maximum Gasteiger partial charge on any atom is 0.220 e. The van der Waals surface area contributed by atoms with Crippen LogP contribution in [0.15, 0.2) is 0 Å². The molecule has 68 valence electrons. The molecule has 2 aliphatic rings. The van der Waals surface area contributed by atoms with Gasteiger partial charge in [-0.05, 0) is 23.7 Å². The van der Waals surface area contributed by atoms with Crippen LogP contribution in [0.3, 0.4) is 0 Å². The average Bonchev–Trinajstić information content (AvgIpc) is 1.96. The lowest BCUT2D eigenvalue weighted by Gasteiger charge is -2.29. The second-order valence-corrected chi connectivity index (χ2v) is 5.48. The van der Waals surface area contributed by atoms with Crippen molar-refractivity contribution < 1.29 is 4.79 Å². The maximum atomic E-state index is 11.3. The van der Waals surface area contributed by atoms with E-state index < -0.39 is 0 Å². The van der Waals surface area contributed by atoms with Crippen LogP contribution in [-0.4, -0.2) is 11.9 Å². The highest BCUT2D eigenvalue weighted by Crippen LogP contribution is 2.52. The van der Waals surface area contributed by atoms with Crippen molar-refractivity contribution in [3.63, 3.8) is 0 Å². The van der Waals surface area contributed by atoms with E-state index in [1.165, 1.54) is 12.8 Å². The predicted octanol–water partition coefficient (Wildman–Crippen LogP) is 1.70. The Morgan fingerprint density at radius 1 is 1.42 bits per heavy atom. The average molecular weight is 167 g/mol. The van der Waals surface area contributed by atoms with E-state index in [2.05, 4.69) is 26.1 Å². The summed E-state index contributed by atoms with van der Waals surface area (Å²) in [5.74, 6) is 0.249. The number of hydrogen-bond acceptors (Lipinski definition) is 1. The molecule has 1 saturated carbocycles. The Morgan fingerprint density at radius 2 is 2.08 bits per heavy atom. The molecule has 1 N–H and O–H groups in total. The summed E-state index contributed by atoms with van der Waals surface area (Å²) < 4.78 is 0.